The van der Waals surface area contributed by atoms with Gasteiger partial charge in [-0.3, -0.25) is 0 Å². The maximum absolute atomic E-state index is 13.8. The van der Waals surface area contributed by atoms with Crippen LogP contribution in [0.25, 0.3) is 0 Å². The van der Waals surface area contributed by atoms with Gasteiger partial charge in [-0.15, -0.1) is 0 Å². The van der Waals surface area contributed by atoms with Crippen LogP contribution in [-0.2, 0) is 0 Å². The Morgan fingerprint density at radius 2 is 1.70 bits per heavy atom. The van der Waals surface area contributed by atoms with Crippen molar-refractivity contribution in [2.24, 2.45) is 5.92 Å². The molecule has 0 spiro atoms. The summed E-state index contributed by atoms with van der Waals surface area (Å²) in [5, 5.41) is 3.46. The summed E-state index contributed by atoms with van der Waals surface area (Å²) >= 11 is 0. The molecule has 3 heteroatoms. The summed E-state index contributed by atoms with van der Waals surface area (Å²) in [6, 6.07) is 4.58. The van der Waals surface area contributed by atoms with Crippen LogP contribution in [0.2, 0.25) is 0 Å². The minimum Gasteiger partial charge on any atom is -0.307 e. The fourth-order valence-corrected chi connectivity index (χ4v) is 3.29. The number of halogens is 2. The third kappa shape index (κ3) is 3.78. The highest BCUT2D eigenvalue weighted by molar-refractivity contribution is 5.22. The highest BCUT2D eigenvalue weighted by Crippen LogP contribution is 2.27. The fourth-order valence-electron chi connectivity index (χ4n) is 3.29. The molecule has 1 N–H and O–H groups in total. The first-order chi connectivity index (χ1) is 9.59. The topological polar surface area (TPSA) is 12.0 Å². The molecule has 2 atom stereocenters. The molecule has 1 aliphatic carbocycles. The van der Waals surface area contributed by atoms with Gasteiger partial charge in [-0.1, -0.05) is 37.8 Å². The molecule has 0 saturated heterocycles. The van der Waals surface area contributed by atoms with Crippen molar-refractivity contribution < 1.29 is 8.78 Å². The van der Waals surface area contributed by atoms with E-state index in [-0.39, 0.29) is 6.04 Å². The van der Waals surface area contributed by atoms with Gasteiger partial charge in [0, 0.05) is 17.6 Å². The molecular formula is C17H25F2N. The largest absolute Gasteiger partial charge is 0.307 e. The van der Waals surface area contributed by atoms with E-state index in [0.29, 0.717) is 17.5 Å². The second-order valence-corrected chi connectivity index (χ2v) is 6.07. The van der Waals surface area contributed by atoms with Gasteiger partial charge in [-0.25, -0.2) is 8.78 Å². The molecule has 0 aromatic heterocycles. The summed E-state index contributed by atoms with van der Waals surface area (Å²) in [6.07, 6.45) is 7.73. The van der Waals surface area contributed by atoms with Crippen molar-refractivity contribution in [2.45, 2.75) is 64.5 Å². The van der Waals surface area contributed by atoms with Crippen LogP contribution in [0.3, 0.4) is 0 Å². The lowest BCUT2D eigenvalue weighted by Crippen LogP contribution is -2.35. The average Bonchev–Trinajstić information content (AvgIpc) is 2.70. The van der Waals surface area contributed by atoms with Crippen molar-refractivity contribution in [3.63, 3.8) is 0 Å². The summed E-state index contributed by atoms with van der Waals surface area (Å²) < 4.78 is 27.1. The van der Waals surface area contributed by atoms with Crippen LogP contribution in [0.4, 0.5) is 8.78 Å². The number of hydrogen-bond donors (Lipinski definition) is 1. The van der Waals surface area contributed by atoms with Crippen LogP contribution >= 0.6 is 0 Å². The van der Waals surface area contributed by atoms with Crippen LogP contribution in [-0.4, -0.2) is 6.04 Å². The molecule has 1 aromatic carbocycles. The molecule has 0 bridgehead atoms. The van der Waals surface area contributed by atoms with E-state index in [9.17, 15) is 8.78 Å². The predicted octanol–water partition coefficient (Wildman–Crippen LogP) is 4.97. The number of benzene rings is 1. The normalized spacial score (nSPS) is 20.4. The van der Waals surface area contributed by atoms with Crippen LogP contribution in [0, 0.1) is 17.6 Å². The Kier molecular flexibility index (Phi) is 5.53. The van der Waals surface area contributed by atoms with Gasteiger partial charge in [-0.05, 0) is 38.7 Å². The first kappa shape index (κ1) is 15.4. The van der Waals surface area contributed by atoms with Gasteiger partial charge in [0.25, 0.3) is 0 Å². The summed E-state index contributed by atoms with van der Waals surface area (Å²) in [4.78, 5) is 0. The first-order valence-corrected chi connectivity index (χ1v) is 7.79. The Morgan fingerprint density at radius 1 is 1.05 bits per heavy atom. The summed E-state index contributed by atoms with van der Waals surface area (Å²) in [5.41, 5.74) is 0.422. The van der Waals surface area contributed by atoms with Gasteiger partial charge in [-0.2, -0.15) is 0 Å². The van der Waals surface area contributed by atoms with Crippen molar-refractivity contribution in [3.8, 4) is 0 Å². The first-order valence-electron chi connectivity index (χ1n) is 7.79. The zero-order valence-electron chi connectivity index (χ0n) is 12.5. The van der Waals surface area contributed by atoms with Gasteiger partial charge >= 0.3 is 0 Å². The van der Waals surface area contributed by atoms with Crippen molar-refractivity contribution in [1.82, 2.24) is 5.32 Å². The Hall–Kier alpha value is -0.960. The smallest absolute Gasteiger partial charge is 0.163 e. The minimum atomic E-state index is -0.765. The maximum atomic E-state index is 13.8. The molecule has 0 radical (unpaired) electrons. The monoisotopic (exact) mass is 281 g/mol. The van der Waals surface area contributed by atoms with E-state index in [0.717, 1.165) is 0 Å². The summed E-state index contributed by atoms with van der Waals surface area (Å²) in [5.74, 6) is -0.838. The molecule has 20 heavy (non-hydrogen) atoms. The highest BCUT2D eigenvalue weighted by atomic mass is 19.2. The lowest BCUT2D eigenvalue weighted by Gasteiger charge is -2.27. The maximum Gasteiger partial charge on any atom is 0.163 e. The molecule has 1 saturated carbocycles. The van der Waals surface area contributed by atoms with Crippen LogP contribution in [0.1, 0.15) is 64.0 Å². The molecule has 1 fully saturated rings. The number of hydrogen-bond acceptors (Lipinski definition) is 1. The van der Waals surface area contributed by atoms with Crippen LogP contribution in [0.5, 0.6) is 0 Å². The van der Waals surface area contributed by atoms with Gasteiger partial charge in [0.05, 0.1) is 0 Å². The second kappa shape index (κ2) is 7.16. The van der Waals surface area contributed by atoms with E-state index in [1.807, 2.05) is 6.92 Å². The molecule has 1 aromatic rings. The third-order valence-corrected chi connectivity index (χ3v) is 4.57. The molecule has 2 rings (SSSR count). The van der Waals surface area contributed by atoms with Gasteiger partial charge in [0.2, 0.25) is 0 Å². The summed E-state index contributed by atoms with van der Waals surface area (Å²) in [6.45, 7) is 4.08. The highest BCUT2D eigenvalue weighted by Gasteiger charge is 2.22. The average molecular weight is 281 g/mol. The molecule has 1 nitrogen and oxygen atoms in total. The van der Waals surface area contributed by atoms with E-state index in [2.05, 4.69) is 12.2 Å². The van der Waals surface area contributed by atoms with Crippen LogP contribution < -0.4 is 5.32 Å². The van der Waals surface area contributed by atoms with Gasteiger partial charge in [0.15, 0.2) is 11.6 Å². The zero-order valence-corrected chi connectivity index (χ0v) is 12.5. The van der Waals surface area contributed by atoms with Crippen molar-refractivity contribution in [3.05, 3.63) is 35.4 Å². The quantitative estimate of drug-likeness (QED) is 0.768. The molecule has 1 unspecified atom stereocenters. The van der Waals surface area contributed by atoms with E-state index < -0.39 is 11.6 Å². The van der Waals surface area contributed by atoms with Crippen molar-refractivity contribution >= 4 is 0 Å². The van der Waals surface area contributed by atoms with Gasteiger partial charge in [0.1, 0.15) is 0 Å². The Morgan fingerprint density at radius 3 is 2.35 bits per heavy atom. The Labute approximate surface area is 120 Å². The molecule has 1 aliphatic rings. The van der Waals surface area contributed by atoms with E-state index in [1.54, 1.807) is 12.1 Å². The molecule has 112 valence electrons. The fraction of sp³-hybridized carbons (Fsp3) is 0.647. The van der Waals surface area contributed by atoms with E-state index in [4.69, 9.17) is 0 Å². The predicted molar refractivity (Wildman–Crippen MR) is 78.6 cm³/mol. The number of nitrogens with one attached hydrogen (secondary N) is 1. The number of rotatable bonds is 4. The second-order valence-electron chi connectivity index (χ2n) is 6.07. The van der Waals surface area contributed by atoms with Crippen molar-refractivity contribution in [1.29, 1.82) is 0 Å². The summed E-state index contributed by atoms with van der Waals surface area (Å²) in [7, 11) is 0. The molecule has 0 heterocycles. The molecular weight excluding hydrogens is 256 g/mol. The SMILES string of the molecule is CC(N[C@@H](C)C1CCCCCC1)c1cccc(F)c1F. The lowest BCUT2D eigenvalue weighted by molar-refractivity contribution is 0.313. The van der Waals surface area contributed by atoms with Crippen LogP contribution in [0.15, 0.2) is 18.2 Å². The third-order valence-electron chi connectivity index (χ3n) is 4.57. The van der Waals surface area contributed by atoms with E-state index >= 15 is 0 Å². The lowest BCUT2D eigenvalue weighted by atomic mass is 9.92. The van der Waals surface area contributed by atoms with Gasteiger partial charge < -0.3 is 5.32 Å². The van der Waals surface area contributed by atoms with Crippen molar-refractivity contribution in [2.75, 3.05) is 0 Å². The molecule has 0 amide bonds. The minimum absolute atomic E-state index is 0.163. The Bertz CT molecular complexity index is 425. The van der Waals surface area contributed by atoms with E-state index in [1.165, 1.54) is 44.6 Å². The zero-order chi connectivity index (χ0) is 14.5. The molecule has 0 aliphatic heterocycles. The standard InChI is InChI=1S/C17H25F2N/c1-12(14-8-5-3-4-6-9-14)20-13(2)15-10-7-11-16(18)17(15)19/h7,10-14,20H,3-6,8-9H2,1-2H3/t12-,13?/m0/s1. The Balaban J connectivity index is 1.99.